The van der Waals surface area contributed by atoms with E-state index in [1.165, 1.54) is 19.1 Å². The molecule has 4 nitrogen and oxygen atoms in total. The van der Waals surface area contributed by atoms with Crippen molar-refractivity contribution in [2.75, 3.05) is 0 Å². The van der Waals surface area contributed by atoms with Crippen LogP contribution in [0.1, 0.15) is 32.8 Å². The molecule has 0 N–H and O–H groups in total. The van der Waals surface area contributed by atoms with Gasteiger partial charge in [-0.25, -0.2) is 14.0 Å². The Labute approximate surface area is 164 Å². The van der Waals surface area contributed by atoms with Gasteiger partial charge in [-0.3, -0.25) is 0 Å². The summed E-state index contributed by atoms with van der Waals surface area (Å²) in [6.45, 7) is 12.2. The Balaban J connectivity index is 2.34. The van der Waals surface area contributed by atoms with Gasteiger partial charge in [0.05, 0.1) is 0 Å². The summed E-state index contributed by atoms with van der Waals surface area (Å²) in [5.41, 5.74) is 2.71. The van der Waals surface area contributed by atoms with Gasteiger partial charge >= 0.3 is 11.9 Å². The third-order valence-electron chi connectivity index (χ3n) is 3.95. The van der Waals surface area contributed by atoms with Crippen LogP contribution in [-0.4, -0.2) is 11.9 Å². The van der Waals surface area contributed by atoms with Crippen LogP contribution in [0.25, 0.3) is 11.1 Å². The first-order chi connectivity index (χ1) is 13.2. The van der Waals surface area contributed by atoms with Crippen molar-refractivity contribution in [1.82, 2.24) is 0 Å². The van der Waals surface area contributed by atoms with E-state index in [2.05, 4.69) is 13.2 Å². The summed E-state index contributed by atoms with van der Waals surface area (Å²) in [5, 5.41) is 0. The van der Waals surface area contributed by atoms with Crippen LogP contribution in [0.15, 0.2) is 60.7 Å². The summed E-state index contributed by atoms with van der Waals surface area (Å²) >= 11 is 0. The third kappa shape index (κ3) is 5.16. The molecule has 0 aromatic heterocycles. The number of hydrogen-bond acceptors (Lipinski definition) is 4. The van der Waals surface area contributed by atoms with Gasteiger partial charge < -0.3 is 9.47 Å². The lowest BCUT2D eigenvalue weighted by molar-refractivity contribution is -0.131. The molecular formula is C23H23FO4. The summed E-state index contributed by atoms with van der Waals surface area (Å²) in [4.78, 5) is 23.4. The van der Waals surface area contributed by atoms with Gasteiger partial charge in [0.1, 0.15) is 5.75 Å². The van der Waals surface area contributed by atoms with E-state index in [1.807, 2.05) is 13.0 Å². The van der Waals surface area contributed by atoms with Crippen LogP contribution in [0, 0.1) is 5.82 Å². The van der Waals surface area contributed by atoms with E-state index in [-0.39, 0.29) is 11.3 Å². The number of benzene rings is 2. The van der Waals surface area contributed by atoms with Crippen molar-refractivity contribution < 1.29 is 23.5 Å². The molecule has 0 unspecified atom stereocenters. The largest absolute Gasteiger partial charge is 0.423 e. The SMILES string of the molecule is C=C(C)C(=O)Oc1ccc(-c2ccc(OC(=O)C(=C)C)c(CCC)c2)cc1F. The van der Waals surface area contributed by atoms with Crippen molar-refractivity contribution in [2.24, 2.45) is 0 Å². The van der Waals surface area contributed by atoms with E-state index in [1.54, 1.807) is 25.1 Å². The third-order valence-corrected chi connectivity index (χ3v) is 3.95. The summed E-state index contributed by atoms with van der Waals surface area (Å²) in [5.74, 6) is -1.51. The maximum absolute atomic E-state index is 14.4. The molecule has 2 rings (SSSR count). The number of esters is 2. The highest BCUT2D eigenvalue weighted by molar-refractivity contribution is 5.89. The van der Waals surface area contributed by atoms with E-state index in [4.69, 9.17) is 9.47 Å². The second-order valence-corrected chi connectivity index (χ2v) is 6.56. The highest BCUT2D eigenvalue weighted by Gasteiger charge is 2.14. The molecule has 0 heterocycles. The van der Waals surface area contributed by atoms with Crippen molar-refractivity contribution in [3.8, 4) is 22.6 Å². The Kier molecular flexibility index (Phi) is 6.88. The minimum Gasteiger partial charge on any atom is -0.423 e. The van der Waals surface area contributed by atoms with E-state index in [9.17, 15) is 14.0 Å². The normalized spacial score (nSPS) is 10.3. The molecule has 146 valence electrons. The molecule has 0 bridgehead atoms. The first kappa shape index (κ1) is 21.1. The van der Waals surface area contributed by atoms with Crippen LogP contribution >= 0.6 is 0 Å². The van der Waals surface area contributed by atoms with Gasteiger partial charge in [0, 0.05) is 11.1 Å². The summed E-state index contributed by atoms with van der Waals surface area (Å²) < 4.78 is 24.7. The predicted octanol–water partition coefficient (Wildman–Crippen LogP) is 5.41. The molecule has 0 aliphatic heterocycles. The number of halogens is 1. The smallest absolute Gasteiger partial charge is 0.338 e. The molecule has 0 saturated heterocycles. The summed E-state index contributed by atoms with van der Waals surface area (Å²) in [6.07, 6.45) is 1.55. The lowest BCUT2D eigenvalue weighted by Gasteiger charge is -2.13. The lowest BCUT2D eigenvalue weighted by Crippen LogP contribution is -2.10. The van der Waals surface area contributed by atoms with Gasteiger partial charge in [0.2, 0.25) is 0 Å². The zero-order valence-electron chi connectivity index (χ0n) is 16.3. The van der Waals surface area contributed by atoms with Crippen molar-refractivity contribution in [3.63, 3.8) is 0 Å². The van der Waals surface area contributed by atoms with E-state index in [0.29, 0.717) is 23.3 Å². The van der Waals surface area contributed by atoms with Crippen LogP contribution < -0.4 is 9.47 Å². The molecular weight excluding hydrogens is 359 g/mol. The number of rotatable bonds is 7. The Bertz CT molecular complexity index is 944. The van der Waals surface area contributed by atoms with Crippen LogP contribution in [-0.2, 0) is 16.0 Å². The maximum Gasteiger partial charge on any atom is 0.338 e. The predicted molar refractivity (Wildman–Crippen MR) is 107 cm³/mol. The fourth-order valence-corrected chi connectivity index (χ4v) is 2.46. The quantitative estimate of drug-likeness (QED) is 0.365. The van der Waals surface area contributed by atoms with E-state index < -0.39 is 17.8 Å². The van der Waals surface area contributed by atoms with Crippen molar-refractivity contribution >= 4 is 11.9 Å². The first-order valence-electron chi connectivity index (χ1n) is 8.91. The molecule has 0 radical (unpaired) electrons. The highest BCUT2D eigenvalue weighted by atomic mass is 19.1. The number of carbonyl (C=O) groups is 2. The number of carbonyl (C=O) groups excluding carboxylic acids is 2. The Hall–Kier alpha value is -3.21. The van der Waals surface area contributed by atoms with Crippen molar-refractivity contribution in [3.05, 3.63) is 72.1 Å². The molecule has 0 amide bonds. The Morgan fingerprint density at radius 1 is 0.893 bits per heavy atom. The average Bonchev–Trinajstić information content (AvgIpc) is 2.64. The first-order valence-corrected chi connectivity index (χ1v) is 8.91. The van der Waals surface area contributed by atoms with E-state index >= 15 is 0 Å². The Morgan fingerprint density at radius 3 is 1.89 bits per heavy atom. The van der Waals surface area contributed by atoms with Crippen LogP contribution in [0.4, 0.5) is 4.39 Å². The second kappa shape index (κ2) is 9.13. The molecule has 0 aliphatic rings. The molecule has 0 aliphatic carbocycles. The van der Waals surface area contributed by atoms with Gasteiger partial charge in [-0.2, -0.15) is 0 Å². The van der Waals surface area contributed by atoms with Gasteiger partial charge in [-0.05, 0) is 61.2 Å². The van der Waals surface area contributed by atoms with Crippen LogP contribution in [0.3, 0.4) is 0 Å². The fourth-order valence-electron chi connectivity index (χ4n) is 2.46. The molecule has 5 heteroatoms. The monoisotopic (exact) mass is 382 g/mol. The van der Waals surface area contributed by atoms with Gasteiger partial charge in [0.15, 0.2) is 11.6 Å². The summed E-state index contributed by atoms with van der Waals surface area (Å²) in [6, 6.07) is 9.65. The van der Waals surface area contributed by atoms with Gasteiger partial charge in [-0.15, -0.1) is 0 Å². The fraction of sp³-hybridized carbons (Fsp3) is 0.217. The summed E-state index contributed by atoms with van der Waals surface area (Å²) in [7, 11) is 0. The Morgan fingerprint density at radius 2 is 1.39 bits per heavy atom. The van der Waals surface area contributed by atoms with Crippen molar-refractivity contribution in [1.29, 1.82) is 0 Å². The van der Waals surface area contributed by atoms with Crippen molar-refractivity contribution in [2.45, 2.75) is 33.6 Å². The molecule has 2 aromatic carbocycles. The molecule has 28 heavy (non-hydrogen) atoms. The minimum absolute atomic E-state index is 0.155. The standard InChI is InChI=1S/C23H23FO4/c1-6-7-18-12-16(8-10-20(18)27-22(25)14(2)3)17-9-11-21(19(24)13-17)28-23(26)15(4)5/h8-13H,2,4,6-7H2,1,3,5H3. The number of hydrogen-bond donors (Lipinski definition) is 0. The molecule has 2 aromatic rings. The lowest BCUT2D eigenvalue weighted by atomic mass is 10.00. The average molecular weight is 382 g/mol. The van der Waals surface area contributed by atoms with Gasteiger partial charge in [0.25, 0.3) is 0 Å². The zero-order chi connectivity index (χ0) is 20.8. The minimum atomic E-state index is -0.680. The maximum atomic E-state index is 14.4. The second-order valence-electron chi connectivity index (χ2n) is 6.56. The molecule has 0 saturated carbocycles. The molecule has 0 spiro atoms. The number of aryl methyl sites for hydroxylation is 1. The molecule has 0 atom stereocenters. The van der Waals surface area contributed by atoms with E-state index in [0.717, 1.165) is 17.5 Å². The van der Waals surface area contributed by atoms with Crippen LogP contribution in [0.5, 0.6) is 11.5 Å². The van der Waals surface area contributed by atoms with Gasteiger partial charge in [-0.1, -0.05) is 38.6 Å². The molecule has 0 fully saturated rings. The topological polar surface area (TPSA) is 52.6 Å². The van der Waals surface area contributed by atoms with Crippen LogP contribution in [0.2, 0.25) is 0 Å². The highest BCUT2D eigenvalue weighted by Crippen LogP contribution is 2.31. The zero-order valence-corrected chi connectivity index (χ0v) is 16.3. The number of ether oxygens (including phenoxy) is 2.